The van der Waals surface area contributed by atoms with E-state index in [0.717, 1.165) is 0 Å². The molecule has 0 saturated heterocycles. The summed E-state index contributed by atoms with van der Waals surface area (Å²) >= 11 is 0. The van der Waals surface area contributed by atoms with Crippen LogP contribution in [0, 0.1) is 5.92 Å². The van der Waals surface area contributed by atoms with Crippen LogP contribution in [0.2, 0.25) is 5.04 Å². The van der Waals surface area contributed by atoms with E-state index in [2.05, 4.69) is 87.5 Å². The standard InChI is InChI=1S/C22H28O2SSi/c1-22(2,3)26(20-12-6-4-7-13-20,21-14-8-5-9-15-21)24-17-19-11-10-16-25(23)18-19/h4-15,19H,16-18H2,1-3H3. The van der Waals surface area contributed by atoms with E-state index in [-0.39, 0.29) is 11.0 Å². The highest BCUT2D eigenvalue weighted by Gasteiger charge is 2.50. The molecule has 0 fully saturated rings. The molecule has 2 unspecified atom stereocenters. The Hall–Kier alpha value is -1.49. The normalized spacial score (nSPS) is 20.9. The van der Waals surface area contributed by atoms with Crippen LogP contribution in [0.4, 0.5) is 0 Å². The first kappa shape index (κ1) is 19.3. The average molecular weight is 385 g/mol. The second-order valence-corrected chi connectivity index (χ2v) is 13.8. The summed E-state index contributed by atoms with van der Waals surface area (Å²) in [5.41, 5.74) is 0. The number of rotatable bonds is 5. The molecule has 0 aliphatic carbocycles. The fourth-order valence-corrected chi connectivity index (χ4v) is 9.58. The van der Waals surface area contributed by atoms with Gasteiger partial charge in [-0.1, -0.05) is 93.6 Å². The highest BCUT2D eigenvalue weighted by molar-refractivity contribution is 7.85. The van der Waals surface area contributed by atoms with E-state index in [1.165, 1.54) is 10.4 Å². The van der Waals surface area contributed by atoms with Crippen molar-refractivity contribution in [3.05, 3.63) is 72.8 Å². The summed E-state index contributed by atoms with van der Waals surface area (Å²) in [6.45, 7) is 7.48. The topological polar surface area (TPSA) is 26.3 Å². The number of hydrogen-bond donors (Lipinski definition) is 0. The van der Waals surface area contributed by atoms with Crippen LogP contribution in [0.3, 0.4) is 0 Å². The maximum atomic E-state index is 12.0. The SMILES string of the molecule is CC(C)(C)[Si](OCC1C=CCS(=O)C1)(c1ccccc1)c1ccccc1. The van der Waals surface area contributed by atoms with Gasteiger partial charge in [-0.15, -0.1) is 0 Å². The summed E-state index contributed by atoms with van der Waals surface area (Å²) in [5.74, 6) is 1.61. The number of benzene rings is 2. The van der Waals surface area contributed by atoms with E-state index in [1.54, 1.807) is 0 Å². The molecule has 1 aliphatic rings. The van der Waals surface area contributed by atoms with Crippen molar-refractivity contribution in [1.82, 2.24) is 0 Å². The Kier molecular flexibility index (Phi) is 5.95. The van der Waals surface area contributed by atoms with Gasteiger partial charge in [-0.25, -0.2) is 0 Å². The zero-order valence-corrected chi connectivity index (χ0v) is 17.7. The average Bonchev–Trinajstić information content (AvgIpc) is 2.63. The van der Waals surface area contributed by atoms with Crippen LogP contribution in [0.1, 0.15) is 20.8 Å². The highest BCUT2D eigenvalue weighted by Crippen LogP contribution is 2.37. The second kappa shape index (κ2) is 8.03. The summed E-state index contributed by atoms with van der Waals surface area (Å²) < 4.78 is 18.9. The van der Waals surface area contributed by atoms with Crippen molar-refractivity contribution in [2.75, 3.05) is 18.1 Å². The molecule has 1 heterocycles. The van der Waals surface area contributed by atoms with Gasteiger partial charge < -0.3 is 4.43 Å². The first-order valence-corrected chi connectivity index (χ1v) is 12.6. The smallest absolute Gasteiger partial charge is 0.261 e. The van der Waals surface area contributed by atoms with E-state index in [0.29, 0.717) is 18.1 Å². The largest absolute Gasteiger partial charge is 0.407 e. The summed E-state index contributed by atoms with van der Waals surface area (Å²) in [7, 11) is -3.25. The van der Waals surface area contributed by atoms with Crippen molar-refractivity contribution in [3.63, 3.8) is 0 Å². The zero-order chi connectivity index (χ0) is 18.6. The molecule has 0 bridgehead atoms. The Bertz CT molecular complexity index is 726. The highest BCUT2D eigenvalue weighted by atomic mass is 32.2. The molecule has 2 aromatic carbocycles. The monoisotopic (exact) mass is 384 g/mol. The lowest BCUT2D eigenvalue weighted by molar-refractivity contribution is 0.268. The molecule has 0 radical (unpaired) electrons. The van der Waals surface area contributed by atoms with Crippen LogP contribution in [-0.4, -0.2) is 30.6 Å². The van der Waals surface area contributed by atoms with Crippen molar-refractivity contribution in [3.8, 4) is 0 Å². The van der Waals surface area contributed by atoms with Crippen LogP contribution in [0.15, 0.2) is 72.8 Å². The Labute approximate surface area is 160 Å². The van der Waals surface area contributed by atoms with Crippen LogP contribution >= 0.6 is 0 Å². The third kappa shape index (κ3) is 3.92. The van der Waals surface area contributed by atoms with Gasteiger partial charge in [-0.2, -0.15) is 0 Å². The van der Waals surface area contributed by atoms with Crippen molar-refractivity contribution in [2.45, 2.75) is 25.8 Å². The zero-order valence-electron chi connectivity index (χ0n) is 15.9. The summed E-state index contributed by atoms with van der Waals surface area (Å²) in [6.07, 6.45) is 4.22. The fraction of sp³-hybridized carbons (Fsp3) is 0.364. The summed E-state index contributed by atoms with van der Waals surface area (Å²) in [6, 6.07) is 21.4. The van der Waals surface area contributed by atoms with Gasteiger partial charge in [0.25, 0.3) is 8.32 Å². The molecule has 0 spiro atoms. The van der Waals surface area contributed by atoms with Crippen molar-refractivity contribution in [2.24, 2.45) is 5.92 Å². The predicted octanol–water partition coefficient (Wildman–Crippen LogP) is 3.50. The Balaban J connectivity index is 2.04. The van der Waals surface area contributed by atoms with E-state index in [9.17, 15) is 4.21 Å². The molecule has 2 nitrogen and oxygen atoms in total. The lowest BCUT2D eigenvalue weighted by Gasteiger charge is -2.43. The Morgan fingerprint density at radius 3 is 2.00 bits per heavy atom. The van der Waals surface area contributed by atoms with Gasteiger partial charge in [0.15, 0.2) is 0 Å². The third-order valence-corrected chi connectivity index (χ3v) is 11.4. The maximum absolute atomic E-state index is 12.0. The lowest BCUT2D eigenvalue weighted by Crippen LogP contribution is -2.67. The molecular formula is C22H28O2SSi. The first-order chi connectivity index (χ1) is 12.4. The molecular weight excluding hydrogens is 356 g/mol. The predicted molar refractivity (Wildman–Crippen MR) is 114 cm³/mol. The molecule has 4 heteroatoms. The molecule has 0 N–H and O–H groups in total. The van der Waals surface area contributed by atoms with E-state index < -0.39 is 19.1 Å². The quantitative estimate of drug-likeness (QED) is 0.583. The first-order valence-electron chi connectivity index (χ1n) is 9.20. The van der Waals surface area contributed by atoms with E-state index in [4.69, 9.17) is 4.43 Å². The minimum absolute atomic E-state index is 0.0206. The molecule has 1 aliphatic heterocycles. The second-order valence-electron chi connectivity index (χ2n) is 7.94. The third-order valence-electron chi connectivity index (χ3n) is 5.02. The van der Waals surface area contributed by atoms with Gasteiger partial charge >= 0.3 is 0 Å². The van der Waals surface area contributed by atoms with Gasteiger partial charge in [0, 0.05) is 34.8 Å². The van der Waals surface area contributed by atoms with Crippen molar-refractivity contribution < 1.29 is 8.63 Å². The van der Waals surface area contributed by atoms with Gasteiger partial charge in [0.1, 0.15) is 0 Å². The summed E-state index contributed by atoms with van der Waals surface area (Å²) in [4.78, 5) is 0. The Morgan fingerprint density at radius 2 is 1.54 bits per heavy atom. The molecule has 26 heavy (non-hydrogen) atoms. The van der Waals surface area contributed by atoms with Gasteiger partial charge in [-0.3, -0.25) is 4.21 Å². The molecule has 2 atom stereocenters. The molecule has 2 aromatic rings. The fourth-order valence-electron chi connectivity index (χ4n) is 3.81. The van der Waals surface area contributed by atoms with E-state index in [1.807, 2.05) is 6.08 Å². The van der Waals surface area contributed by atoms with E-state index >= 15 is 0 Å². The van der Waals surface area contributed by atoms with Crippen LogP contribution < -0.4 is 10.4 Å². The number of hydrogen-bond acceptors (Lipinski definition) is 2. The molecule has 0 aromatic heterocycles. The van der Waals surface area contributed by atoms with Crippen molar-refractivity contribution >= 4 is 29.5 Å². The molecule has 0 amide bonds. The van der Waals surface area contributed by atoms with Crippen LogP contribution in [0.5, 0.6) is 0 Å². The van der Waals surface area contributed by atoms with Crippen LogP contribution in [0.25, 0.3) is 0 Å². The Morgan fingerprint density at radius 1 is 1.00 bits per heavy atom. The van der Waals surface area contributed by atoms with Gasteiger partial charge in [-0.05, 0) is 15.4 Å². The summed E-state index contributed by atoms with van der Waals surface area (Å²) in [5, 5.41) is 2.56. The maximum Gasteiger partial charge on any atom is 0.261 e. The minimum Gasteiger partial charge on any atom is -0.407 e. The molecule has 3 rings (SSSR count). The lowest BCUT2D eigenvalue weighted by atomic mass is 10.2. The molecule has 0 saturated carbocycles. The molecule has 138 valence electrons. The minimum atomic E-state index is -2.49. The van der Waals surface area contributed by atoms with Gasteiger partial charge in [0.05, 0.1) is 0 Å². The van der Waals surface area contributed by atoms with Crippen LogP contribution in [-0.2, 0) is 15.2 Å². The van der Waals surface area contributed by atoms with Gasteiger partial charge in [0.2, 0.25) is 0 Å². The van der Waals surface area contributed by atoms with Crippen molar-refractivity contribution in [1.29, 1.82) is 0 Å².